The van der Waals surface area contributed by atoms with Gasteiger partial charge in [0.2, 0.25) is 0 Å². The molecule has 0 spiro atoms. The second kappa shape index (κ2) is 7.56. The van der Waals surface area contributed by atoms with E-state index in [0.29, 0.717) is 22.8 Å². The molecular formula is C18H29N2O2PSi2. The van der Waals surface area contributed by atoms with Crippen LogP contribution in [0.1, 0.15) is 22.0 Å². The summed E-state index contributed by atoms with van der Waals surface area (Å²) in [6.07, 6.45) is 0. The molecule has 1 aromatic carbocycles. The van der Waals surface area contributed by atoms with Crippen LogP contribution in [0.5, 0.6) is 0 Å². The Morgan fingerprint density at radius 1 is 1.08 bits per heavy atom. The normalized spacial score (nSPS) is 13.2. The second-order valence-corrected chi connectivity index (χ2v) is 22.4. The van der Waals surface area contributed by atoms with Crippen molar-refractivity contribution in [3.05, 3.63) is 35.8 Å². The topological polar surface area (TPSA) is 52.1 Å². The molecule has 2 aromatic rings. The van der Waals surface area contributed by atoms with Gasteiger partial charge in [0.1, 0.15) is 0 Å². The molecule has 0 bridgehead atoms. The third-order valence-corrected chi connectivity index (χ3v) is 20.2. The predicted octanol–water partition coefficient (Wildman–Crippen LogP) is 5.60. The Kier molecular flexibility index (Phi) is 6.07. The first kappa shape index (κ1) is 20.1. The molecule has 136 valence electrons. The van der Waals surface area contributed by atoms with E-state index in [-0.39, 0.29) is 5.97 Å². The molecule has 2 rings (SSSR count). The number of hydrogen-bond acceptors (Lipinski definition) is 4. The van der Waals surface area contributed by atoms with Crippen molar-refractivity contribution < 1.29 is 9.53 Å². The van der Waals surface area contributed by atoms with E-state index >= 15 is 0 Å². The number of hydrogen-bond donors (Lipinski definition) is 0. The highest BCUT2D eigenvalue weighted by Gasteiger charge is 2.43. The van der Waals surface area contributed by atoms with Gasteiger partial charge in [0.15, 0.2) is 11.3 Å². The highest BCUT2D eigenvalue weighted by atomic mass is 31.1. The number of esters is 1. The number of carbonyl (C=O) groups is 1. The fourth-order valence-electron chi connectivity index (χ4n) is 3.58. The van der Waals surface area contributed by atoms with Gasteiger partial charge in [0, 0.05) is 18.2 Å². The number of aromatic nitrogens is 2. The number of carbonyl (C=O) groups excluding carboxylic acids is 1. The van der Waals surface area contributed by atoms with Crippen LogP contribution in [-0.2, 0) is 4.74 Å². The lowest BCUT2D eigenvalue weighted by molar-refractivity contribution is 0.0526. The fraction of sp³-hybridized carbons (Fsp3) is 0.500. The number of benzene rings is 1. The van der Waals surface area contributed by atoms with E-state index in [4.69, 9.17) is 9.48 Å². The predicted molar refractivity (Wildman–Crippen MR) is 112 cm³/mol. The molecule has 7 heteroatoms. The van der Waals surface area contributed by atoms with Gasteiger partial charge >= 0.3 is 5.97 Å². The minimum Gasteiger partial charge on any atom is -0.461 e. The highest BCUT2D eigenvalue weighted by molar-refractivity contribution is 7.55. The quantitative estimate of drug-likeness (QED) is 0.474. The van der Waals surface area contributed by atoms with E-state index in [1.807, 2.05) is 37.3 Å². The lowest BCUT2D eigenvalue weighted by atomic mass is 10.2. The molecule has 0 radical (unpaired) electrons. The molecule has 0 aliphatic heterocycles. The average molecular weight is 393 g/mol. The maximum absolute atomic E-state index is 12.6. The molecule has 1 unspecified atom stereocenters. The number of ether oxygens (including phenoxy) is 1. The van der Waals surface area contributed by atoms with E-state index < -0.39 is 23.8 Å². The summed E-state index contributed by atoms with van der Waals surface area (Å²) >= 11 is 0. The van der Waals surface area contributed by atoms with Crippen molar-refractivity contribution in [3.63, 3.8) is 0 Å². The van der Waals surface area contributed by atoms with Gasteiger partial charge < -0.3 is 4.74 Å². The summed E-state index contributed by atoms with van der Waals surface area (Å²) in [6.45, 7) is 16.5. The Bertz CT molecular complexity index is 720. The van der Waals surface area contributed by atoms with Crippen molar-refractivity contribution >= 4 is 29.8 Å². The molecule has 0 aliphatic rings. The van der Waals surface area contributed by atoms with Crippen LogP contribution in [0, 0.1) is 0 Å². The van der Waals surface area contributed by atoms with Crippen molar-refractivity contribution in [1.82, 2.24) is 9.73 Å². The van der Waals surface area contributed by atoms with Crippen LogP contribution >= 0.6 is 7.69 Å². The number of rotatable bonds is 6. The van der Waals surface area contributed by atoms with Crippen molar-refractivity contribution in [2.75, 3.05) is 6.61 Å². The van der Waals surface area contributed by atoms with Gasteiger partial charge in [0.25, 0.3) is 0 Å². The van der Waals surface area contributed by atoms with E-state index in [9.17, 15) is 4.79 Å². The Balaban J connectivity index is 2.65. The first-order chi connectivity index (χ1) is 11.6. The van der Waals surface area contributed by atoms with Crippen LogP contribution in [0.3, 0.4) is 0 Å². The van der Waals surface area contributed by atoms with Gasteiger partial charge in [-0.1, -0.05) is 69.6 Å². The SMILES string of the molecule is CCOC(=O)c1nc(-c2ccccc2)np1C([Si](C)(C)C)[Si](C)(C)C. The molecular weight excluding hydrogens is 363 g/mol. The van der Waals surface area contributed by atoms with Crippen molar-refractivity contribution in [3.8, 4) is 11.4 Å². The zero-order valence-corrected chi connectivity index (χ0v) is 19.2. The van der Waals surface area contributed by atoms with E-state index in [1.165, 1.54) is 0 Å². The molecule has 1 aromatic heterocycles. The maximum Gasteiger partial charge on any atom is 0.362 e. The van der Waals surface area contributed by atoms with E-state index in [1.54, 1.807) is 0 Å². The van der Waals surface area contributed by atoms with Gasteiger partial charge in [-0.15, -0.1) is 0 Å². The van der Waals surface area contributed by atoms with Gasteiger partial charge in [-0.05, 0) is 6.92 Å². The van der Waals surface area contributed by atoms with Crippen LogP contribution in [0.25, 0.3) is 11.4 Å². The van der Waals surface area contributed by atoms with Crippen molar-refractivity contribution in [2.45, 2.75) is 51.1 Å². The summed E-state index contributed by atoms with van der Waals surface area (Å²) < 4.78 is 10.3. The Labute approximate surface area is 154 Å². The first-order valence-electron chi connectivity index (χ1n) is 8.74. The van der Waals surface area contributed by atoms with Gasteiger partial charge in [-0.2, -0.15) is 0 Å². The second-order valence-electron chi connectivity index (χ2n) is 8.42. The molecule has 25 heavy (non-hydrogen) atoms. The monoisotopic (exact) mass is 392 g/mol. The van der Waals surface area contributed by atoms with Gasteiger partial charge in [-0.25, -0.2) is 14.5 Å². The first-order valence-corrected chi connectivity index (χ1v) is 17.3. The molecule has 1 atom stereocenters. The summed E-state index contributed by atoms with van der Waals surface area (Å²) in [4.78, 5) is 17.8. The van der Waals surface area contributed by atoms with Crippen LogP contribution in [-0.4, -0.2) is 38.5 Å². The fourth-order valence-corrected chi connectivity index (χ4v) is 22.2. The van der Waals surface area contributed by atoms with Gasteiger partial charge in [-0.3, -0.25) is 0 Å². The molecule has 4 nitrogen and oxygen atoms in total. The molecule has 0 amide bonds. The smallest absolute Gasteiger partial charge is 0.362 e. The van der Waals surface area contributed by atoms with Crippen LogP contribution in [0.15, 0.2) is 30.3 Å². The zero-order valence-electron chi connectivity index (χ0n) is 16.3. The standard InChI is InChI=1S/C18H29N2O2PSi2/c1-8-22-17(21)16-19-15(14-12-10-9-11-13-14)20-23(16)18(24(2,3)4)25(5,6)7/h9-13,18H,8H2,1-7H3. The molecule has 0 saturated heterocycles. The summed E-state index contributed by atoms with van der Waals surface area (Å²) in [6, 6.07) is 9.94. The molecule has 1 heterocycles. The summed E-state index contributed by atoms with van der Waals surface area (Å²) in [7, 11) is -4.04. The van der Waals surface area contributed by atoms with Crippen molar-refractivity contribution in [1.29, 1.82) is 0 Å². The summed E-state index contributed by atoms with van der Waals surface area (Å²) in [5.41, 5.74) is 1.53. The zero-order chi connectivity index (χ0) is 18.8. The highest BCUT2D eigenvalue weighted by Crippen LogP contribution is 2.52. The third-order valence-electron chi connectivity index (χ3n) is 4.01. The van der Waals surface area contributed by atoms with E-state index in [2.05, 4.69) is 44.3 Å². The van der Waals surface area contributed by atoms with Crippen LogP contribution in [0.2, 0.25) is 39.3 Å². The Hall–Kier alpha value is -1.24. The number of nitrogens with zero attached hydrogens (tertiary/aromatic N) is 2. The minimum absolute atomic E-state index is 0.287. The summed E-state index contributed by atoms with van der Waals surface area (Å²) in [5, 5.41) is 0. The van der Waals surface area contributed by atoms with Crippen LogP contribution < -0.4 is 0 Å². The Morgan fingerprint density at radius 3 is 2.12 bits per heavy atom. The van der Waals surface area contributed by atoms with E-state index in [0.717, 1.165) is 5.56 Å². The molecule has 0 saturated carbocycles. The van der Waals surface area contributed by atoms with Gasteiger partial charge in [0.05, 0.1) is 22.8 Å². The lowest BCUT2D eigenvalue weighted by Crippen LogP contribution is -2.44. The molecule has 0 N–H and O–H groups in total. The lowest BCUT2D eigenvalue weighted by Gasteiger charge is -2.37. The average Bonchev–Trinajstić information content (AvgIpc) is 2.90. The summed E-state index contributed by atoms with van der Waals surface area (Å²) in [5.74, 6) is 0.404. The molecule has 0 fully saturated rings. The van der Waals surface area contributed by atoms with Crippen LogP contribution in [0.4, 0.5) is 0 Å². The van der Waals surface area contributed by atoms with Crippen molar-refractivity contribution in [2.24, 2.45) is 0 Å². The molecule has 0 aliphatic carbocycles. The largest absolute Gasteiger partial charge is 0.461 e. The minimum atomic E-state index is -1.53. The Morgan fingerprint density at radius 2 is 1.64 bits per heavy atom. The maximum atomic E-state index is 12.6. The third kappa shape index (κ3) is 4.69.